The Kier molecular flexibility index (Phi) is 5.19. The second kappa shape index (κ2) is 7.32. The summed E-state index contributed by atoms with van der Waals surface area (Å²) in [4.78, 5) is 12.1. The van der Waals surface area contributed by atoms with Crippen LogP contribution in [0.5, 0.6) is 0 Å². The van der Waals surface area contributed by atoms with Crippen LogP contribution in [0.4, 0.5) is 0 Å². The van der Waals surface area contributed by atoms with Crippen LogP contribution in [-0.2, 0) is 6.54 Å². The van der Waals surface area contributed by atoms with Crippen molar-refractivity contribution in [2.45, 2.75) is 19.9 Å². The zero-order valence-electron chi connectivity index (χ0n) is 11.8. The van der Waals surface area contributed by atoms with Gasteiger partial charge in [-0.2, -0.15) is 0 Å². The van der Waals surface area contributed by atoms with Gasteiger partial charge in [-0.25, -0.2) is 0 Å². The maximum absolute atomic E-state index is 12.1. The van der Waals surface area contributed by atoms with Gasteiger partial charge >= 0.3 is 0 Å². The molecule has 0 spiro atoms. The van der Waals surface area contributed by atoms with Crippen molar-refractivity contribution in [2.24, 2.45) is 0 Å². The minimum absolute atomic E-state index is 0.0386. The number of rotatable bonds is 4. The largest absolute Gasteiger partial charge is 0.472 e. The number of amides is 1. The van der Waals surface area contributed by atoms with Gasteiger partial charge in [0.1, 0.15) is 0 Å². The van der Waals surface area contributed by atoms with E-state index in [-0.39, 0.29) is 12.5 Å². The fourth-order valence-corrected chi connectivity index (χ4v) is 1.88. The molecule has 2 aromatic rings. The van der Waals surface area contributed by atoms with Crippen molar-refractivity contribution >= 4 is 5.91 Å². The zero-order chi connectivity index (χ0) is 15.1. The first-order valence-corrected chi connectivity index (χ1v) is 6.70. The molecule has 4 nitrogen and oxygen atoms in total. The molecule has 0 aliphatic carbocycles. The van der Waals surface area contributed by atoms with Crippen molar-refractivity contribution in [3.8, 4) is 11.8 Å². The van der Waals surface area contributed by atoms with E-state index in [1.165, 1.54) is 0 Å². The van der Waals surface area contributed by atoms with E-state index >= 15 is 0 Å². The molecule has 1 aromatic carbocycles. The summed E-state index contributed by atoms with van der Waals surface area (Å²) in [5.74, 6) is 5.65. The van der Waals surface area contributed by atoms with Crippen LogP contribution in [-0.4, -0.2) is 17.6 Å². The summed E-state index contributed by atoms with van der Waals surface area (Å²) < 4.78 is 4.96. The Hall–Kier alpha value is -2.51. The first-order valence-electron chi connectivity index (χ1n) is 6.70. The van der Waals surface area contributed by atoms with Gasteiger partial charge in [0.2, 0.25) is 0 Å². The SMILES string of the molecule is Cc1cc(C#CCCO)cc(C(=O)NCc2ccoc2)c1. The average molecular weight is 283 g/mol. The van der Waals surface area contributed by atoms with Gasteiger partial charge in [-0.05, 0) is 36.8 Å². The Morgan fingerprint density at radius 2 is 2.24 bits per heavy atom. The van der Waals surface area contributed by atoms with Gasteiger partial charge < -0.3 is 14.8 Å². The highest BCUT2D eigenvalue weighted by Gasteiger charge is 2.07. The molecule has 0 bridgehead atoms. The van der Waals surface area contributed by atoms with E-state index in [0.29, 0.717) is 18.5 Å². The van der Waals surface area contributed by atoms with Crippen LogP contribution in [0.3, 0.4) is 0 Å². The van der Waals surface area contributed by atoms with Gasteiger partial charge in [0.15, 0.2) is 0 Å². The number of hydrogen-bond acceptors (Lipinski definition) is 3. The smallest absolute Gasteiger partial charge is 0.251 e. The third-order valence-corrected chi connectivity index (χ3v) is 2.84. The monoisotopic (exact) mass is 283 g/mol. The Labute approximate surface area is 123 Å². The lowest BCUT2D eigenvalue weighted by Gasteiger charge is -2.05. The number of hydrogen-bond donors (Lipinski definition) is 2. The topological polar surface area (TPSA) is 62.5 Å². The van der Waals surface area contributed by atoms with Crippen LogP contribution in [0.15, 0.2) is 41.2 Å². The first-order chi connectivity index (χ1) is 10.2. The molecular formula is C17H17NO3. The molecule has 108 valence electrons. The van der Waals surface area contributed by atoms with Crippen LogP contribution in [0.25, 0.3) is 0 Å². The van der Waals surface area contributed by atoms with Crippen molar-refractivity contribution in [1.82, 2.24) is 5.32 Å². The van der Waals surface area contributed by atoms with Crippen molar-refractivity contribution < 1.29 is 14.3 Å². The van der Waals surface area contributed by atoms with Crippen LogP contribution in [0.2, 0.25) is 0 Å². The molecule has 0 saturated carbocycles. The lowest BCUT2D eigenvalue weighted by atomic mass is 10.1. The van der Waals surface area contributed by atoms with E-state index < -0.39 is 0 Å². The fourth-order valence-electron chi connectivity index (χ4n) is 1.88. The van der Waals surface area contributed by atoms with Gasteiger partial charge in [0.05, 0.1) is 19.1 Å². The fraction of sp³-hybridized carbons (Fsp3) is 0.235. The number of furan rings is 1. The highest BCUT2D eigenvalue weighted by Crippen LogP contribution is 2.10. The Morgan fingerprint density at radius 1 is 1.38 bits per heavy atom. The number of carbonyl (C=O) groups excluding carboxylic acids is 1. The summed E-state index contributed by atoms with van der Waals surface area (Å²) in [6.45, 7) is 2.38. The summed E-state index contributed by atoms with van der Waals surface area (Å²) in [5.41, 5.74) is 3.24. The molecule has 0 saturated heterocycles. The molecule has 0 aliphatic heterocycles. The molecule has 0 atom stereocenters. The normalized spacial score (nSPS) is 9.81. The van der Waals surface area contributed by atoms with Crippen molar-refractivity contribution in [3.63, 3.8) is 0 Å². The van der Waals surface area contributed by atoms with Crippen molar-refractivity contribution in [3.05, 3.63) is 59.0 Å². The third-order valence-electron chi connectivity index (χ3n) is 2.84. The predicted molar refractivity (Wildman–Crippen MR) is 79.6 cm³/mol. The standard InChI is InChI=1S/C17H17NO3/c1-13-8-14(4-2-3-6-19)10-16(9-13)17(20)18-11-15-5-7-21-12-15/h5,7-10,12,19H,3,6,11H2,1H3,(H,18,20). The molecule has 1 heterocycles. The average Bonchev–Trinajstić information content (AvgIpc) is 2.98. The molecule has 0 radical (unpaired) electrons. The molecule has 0 unspecified atom stereocenters. The molecule has 21 heavy (non-hydrogen) atoms. The molecule has 4 heteroatoms. The van der Waals surface area contributed by atoms with Crippen molar-refractivity contribution in [2.75, 3.05) is 6.61 Å². The zero-order valence-corrected chi connectivity index (χ0v) is 11.8. The lowest BCUT2D eigenvalue weighted by molar-refractivity contribution is 0.0950. The van der Waals surface area contributed by atoms with E-state index in [1.807, 2.05) is 25.1 Å². The van der Waals surface area contributed by atoms with Crippen molar-refractivity contribution in [1.29, 1.82) is 0 Å². The van der Waals surface area contributed by atoms with Crippen LogP contribution >= 0.6 is 0 Å². The van der Waals surface area contributed by atoms with Gasteiger partial charge in [0, 0.05) is 29.7 Å². The number of carbonyl (C=O) groups is 1. The Morgan fingerprint density at radius 3 is 2.95 bits per heavy atom. The van der Waals surface area contributed by atoms with Crippen LogP contribution in [0, 0.1) is 18.8 Å². The summed E-state index contributed by atoms with van der Waals surface area (Å²) in [5, 5.41) is 11.6. The number of benzene rings is 1. The van der Waals surface area contributed by atoms with Crippen LogP contribution in [0.1, 0.15) is 33.5 Å². The summed E-state index contributed by atoms with van der Waals surface area (Å²) in [6.07, 6.45) is 3.60. The first kappa shape index (κ1) is 14.9. The van der Waals surface area contributed by atoms with E-state index in [2.05, 4.69) is 17.2 Å². The molecule has 1 amide bonds. The second-order valence-corrected chi connectivity index (χ2v) is 4.68. The molecule has 2 N–H and O–H groups in total. The number of aliphatic hydroxyl groups is 1. The minimum atomic E-state index is -0.148. The van der Waals surface area contributed by atoms with E-state index in [4.69, 9.17) is 9.52 Å². The van der Waals surface area contributed by atoms with Crippen LogP contribution < -0.4 is 5.32 Å². The van der Waals surface area contributed by atoms with Gasteiger partial charge in [-0.15, -0.1) is 0 Å². The number of nitrogens with one attached hydrogen (secondary N) is 1. The summed E-state index contributed by atoms with van der Waals surface area (Å²) in [7, 11) is 0. The quantitative estimate of drug-likeness (QED) is 0.846. The maximum Gasteiger partial charge on any atom is 0.251 e. The molecular weight excluding hydrogens is 266 g/mol. The van der Waals surface area contributed by atoms with E-state index in [0.717, 1.165) is 16.7 Å². The molecule has 0 fully saturated rings. The number of aliphatic hydroxyl groups excluding tert-OH is 1. The lowest BCUT2D eigenvalue weighted by Crippen LogP contribution is -2.22. The third kappa shape index (κ3) is 4.51. The molecule has 1 aromatic heterocycles. The van der Waals surface area contributed by atoms with Gasteiger partial charge in [0.25, 0.3) is 5.91 Å². The van der Waals surface area contributed by atoms with Gasteiger partial charge in [-0.3, -0.25) is 4.79 Å². The van der Waals surface area contributed by atoms with E-state index in [9.17, 15) is 4.79 Å². The summed E-state index contributed by atoms with van der Waals surface area (Å²) in [6, 6.07) is 7.30. The predicted octanol–water partition coefficient (Wildman–Crippen LogP) is 2.25. The highest BCUT2D eigenvalue weighted by molar-refractivity contribution is 5.94. The molecule has 2 rings (SSSR count). The summed E-state index contributed by atoms with van der Waals surface area (Å²) >= 11 is 0. The van der Waals surface area contributed by atoms with E-state index in [1.54, 1.807) is 18.6 Å². The second-order valence-electron chi connectivity index (χ2n) is 4.68. The molecule has 0 aliphatic rings. The number of aryl methyl sites for hydroxylation is 1. The van der Waals surface area contributed by atoms with Gasteiger partial charge in [-0.1, -0.05) is 11.8 Å². The maximum atomic E-state index is 12.1. The Bertz CT molecular complexity index is 663. The highest BCUT2D eigenvalue weighted by atomic mass is 16.3. The Balaban J connectivity index is 2.08. The minimum Gasteiger partial charge on any atom is -0.472 e.